The summed E-state index contributed by atoms with van der Waals surface area (Å²) in [5.41, 5.74) is 1.19. The molecule has 176 valence electrons. The van der Waals surface area contributed by atoms with E-state index in [-0.39, 0.29) is 23.8 Å². The van der Waals surface area contributed by atoms with Crippen molar-refractivity contribution in [3.8, 4) is 5.75 Å². The molecule has 0 atom stereocenters. The van der Waals surface area contributed by atoms with Gasteiger partial charge in [-0.1, -0.05) is 24.9 Å². The van der Waals surface area contributed by atoms with Gasteiger partial charge in [-0.25, -0.2) is 4.98 Å². The van der Waals surface area contributed by atoms with Gasteiger partial charge in [-0.15, -0.1) is 0 Å². The zero-order chi connectivity index (χ0) is 24.0. The summed E-state index contributed by atoms with van der Waals surface area (Å²) in [4.78, 5) is 31.0. The topological polar surface area (TPSA) is 88.5 Å². The van der Waals surface area contributed by atoms with Crippen LogP contribution in [0.5, 0.6) is 5.75 Å². The molecule has 0 fully saturated rings. The van der Waals surface area contributed by atoms with E-state index in [9.17, 15) is 9.59 Å². The molecular weight excluding hydrogens is 442 g/mol. The summed E-state index contributed by atoms with van der Waals surface area (Å²) in [6, 6.07) is 11.0. The van der Waals surface area contributed by atoms with Crippen molar-refractivity contribution in [1.29, 1.82) is 0 Å². The van der Waals surface area contributed by atoms with E-state index >= 15 is 0 Å². The van der Waals surface area contributed by atoms with Gasteiger partial charge in [0.25, 0.3) is 11.5 Å². The molecule has 9 heteroatoms. The van der Waals surface area contributed by atoms with E-state index in [1.807, 2.05) is 30.3 Å². The van der Waals surface area contributed by atoms with Gasteiger partial charge >= 0.3 is 0 Å². The van der Waals surface area contributed by atoms with Crippen LogP contribution in [0.15, 0.2) is 41.2 Å². The Balaban J connectivity index is 1.91. The Morgan fingerprint density at radius 2 is 2.00 bits per heavy atom. The molecule has 0 aliphatic heterocycles. The van der Waals surface area contributed by atoms with Gasteiger partial charge in [-0.2, -0.15) is 0 Å². The predicted molar refractivity (Wildman–Crippen MR) is 134 cm³/mol. The van der Waals surface area contributed by atoms with Crippen molar-refractivity contribution in [3.05, 3.63) is 51.8 Å². The van der Waals surface area contributed by atoms with E-state index in [4.69, 9.17) is 21.3 Å². The molecule has 0 aliphatic carbocycles. The van der Waals surface area contributed by atoms with E-state index in [1.165, 1.54) is 11.6 Å². The van der Waals surface area contributed by atoms with Crippen molar-refractivity contribution in [1.82, 2.24) is 14.9 Å². The number of fused-ring (bicyclic) bond motifs is 1. The molecular formula is C24H30ClN5O3. The first kappa shape index (κ1) is 24.4. The monoisotopic (exact) mass is 471 g/mol. The third-order valence-electron chi connectivity index (χ3n) is 5.41. The molecule has 2 aromatic heterocycles. The molecule has 0 radical (unpaired) electrons. The molecule has 0 spiro atoms. The number of rotatable bonds is 10. The van der Waals surface area contributed by atoms with Crippen molar-refractivity contribution < 1.29 is 9.53 Å². The molecule has 0 bridgehead atoms. The number of nitrogens with zero attached hydrogens (tertiary/aromatic N) is 3. The van der Waals surface area contributed by atoms with Gasteiger partial charge in [-0.3, -0.25) is 9.59 Å². The largest absolute Gasteiger partial charge is 0.478 e. The second kappa shape index (κ2) is 11.0. The van der Waals surface area contributed by atoms with Crippen LogP contribution in [0.3, 0.4) is 0 Å². The first-order valence-corrected chi connectivity index (χ1v) is 11.4. The lowest BCUT2D eigenvalue weighted by Crippen LogP contribution is -2.27. The summed E-state index contributed by atoms with van der Waals surface area (Å²) >= 11 is 6.43. The highest BCUT2D eigenvalue weighted by atomic mass is 35.5. The highest BCUT2D eigenvalue weighted by molar-refractivity contribution is 6.33. The number of hydrogen-bond donors (Lipinski definition) is 2. The molecule has 8 nitrogen and oxygen atoms in total. The van der Waals surface area contributed by atoms with Crippen LogP contribution in [0.2, 0.25) is 5.02 Å². The summed E-state index contributed by atoms with van der Waals surface area (Å²) in [6.07, 6.45) is 2.21. The van der Waals surface area contributed by atoms with Crippen LogP contribution >= 0.6 is 11.6 Å². The number of carbonyl (C=O) groups is 1. The van der Waals surface area contributed by atoms with Crippen molar-refractivity contribution in [2.75, 3.05) is 37.0 Å². The average Bonchev–Trinajstić information content (AvgIpc) is 2.82. The average molecular weight is 472 g/mol. The molecule has 0 saturated carbocycles. The maximum absolute atomic E-state index is 12.6. The normalized spacial score (nSPS) is 10.8. The number of pyridine rings is 2. The molecule has 1 amide bonds. The Labute approximate surface area is 198 Å². The number of aryl methyl sites for hydroxylation is 1. The van der Waals surface area contributed by atoms with Crippen LogP contribution in [-0.4, -0.2) is 42.2 Å². The highest BCUT2D eigenvalue weighted by Gasteiger charge is 2.13. The van der Waals surface area contributed by atoms with Gasteiger partial charge in [0.2, 0.25) is 0 Å². The molecule has 33 heavy (non-hydrogen) atoms. The minimum Gasteiger partial charge on any atom is -0.478 e. The number of unbranched alkanes of at least 4 members (excludes halogenated alkanes) is 1. The standard InChI is InChI=1S/C24H30ClN5O3/c1-5-7-12-30(6-2)21-11-9-18(25)23(28-21)27-17-8-10-19-16(13-17)14-20(24(32)29(19)4)33-15-22(31)26-3/h8-11,13-14H,5-7,12,15H2,1-4H3,(H,26,31)(H,27,28). The van der Waals surface area contributed by atoms with Crippen LogP contribution in [0.1, 0.15) is 26.7 Å². The number of benzene rings is 1. The quantitative estimate of drug-likeness (QED) is 0.463. The highest BCUT2D eigenvalue weighted by Crippen LogP contribution is 2.29. The molecule has 3 aromatic rings. The zero-order valence-electron chi connectivity index (χ0n) is 19.4. The smallest absolute Gasteiger partial charge is 0.293 e. The van der Waals surface area contributed by atoms with E-state index in [2.05, 4.69) is 29.4 Å². The molecule has 0 unspecified atom stereocenters. The Kier molecular flexibility index (Phi) is 8.16. The third-order valence-corrected chi connectivity index (χ3v) is 5.71. The molecule has 0 saturated heterocycles. The zero-order valence-corrected chi connectivity index (χ0v) is 20.2. The Hall–Kier alpha value is -3.26. The lowest BCUT2D eigenvalue weighted by molar-refractivity contribution is -0.122. The number of halogens is 1. The maximum atomic E-state index is 12.6. The van der Waals surface area contributed by atoms with Gasteiger partial charge in [0.1, 0.15) is 5.82 Å². The van der Waals surface area contributed by atoms with Gasteiger partial charge in [0.05, 0.1) is 10.5 Å². The molecule has 1 aromatic carbocycles. The second-order valence-electron chi connectivity index (χ2n) is 7.67. The maximum Gasteiger partial charge on any atom is 0.293 e. The summed E-state index contributed by atoms with van der Waals surface area (Å²) in [5, 5.41) is 7.05. The van der Waals surface area contributed by atoms with Crippen LogP contribution in [0, 0.1) is 0 Å². The van der Waals surface area contributed by atoms with Crippen LogP contribution < -0.4 is 25.8 Å². The number of nitrogens with one attached hydrogen (secondary N) is 2. The number of aromatic nitrogens is 2. The fourth-order valence-electron chi connectivity index (χ4n) is 3.47. The number of hydrogen-bond acceptors (Lipinski definition) is 6. The van der Waals surface area contributed by atoms with E-state index in [1.54, 1.807) is 13.1 Å². The van der Waals surface area contributed by atoms with Gasteiger partial charge in [-0.05, 0) is 49.7 Å². The van der Waals surface area contributed by atoms with E-state index in [0.717, 1.165) is 48.3 Å². The minimum absolute atomic E-state index is 0.110. The van der Waals surface area contributed by atoms with Crippen molar-refractivity contribution in [2.45, 2.75) is 26.7 Å². The van der Waals surface area contributed by atoms with Gasteiger partial charge in [0.15, 0.2) is 18.2 Å². The van der Waals surface area contributed by atoms with Crippen molar-refractivity contribution in [2.24, 2.45) is 7.05 Å². The summed E-state index contributed by atoms with van der Waals surface area (Å²) in [6.45, 7) is 5.84. The molecule has 2 heterocycles. The van der Waals surface area contributed by atoms with E-state index < -0.39 is 0 Å². The second-order valence-corrected chi connectivity index (χ2v) is 8.07. The number of anilines is 3. The Morgan fingerprint density at radius 1 is 1.21 bits per heavy atom. The van der Waals surface area contributed by atoms with Gasteiger partial charge in [0, 0.05) is 38.3 Å². The number of likely N-dealkylation sites (N-methyl/N-ethyl adjacent to an activating group) is 1. The summed E-state index contributed by atoms with van der Waals surface area (Å²) < 4.78 is 6.93. The fourth-order valence-corrected chi connectivity index (χ4v) is 3.62. The van der Waals surface area contributed by atoms with Crippen LogP contribution in [0.25, 0.3) is 10.9 Å². The first-order valence-electron chi connectivity index (χ1n) is 11.0. The molecule has 3 rings (SSSR count). The number of amides is 1. The number of carbonyl (C=O) groups excluding carboxylic acids is 1. The van der Waals surface area contributed by atoms with Crippen molar-refractivity contribution in [3.63, 3.8) is 0 Å². The van der Waals surface area contributed by atoms with E-state index in [0.29, 0.717) is 10.8 Å². The molecule has 0 aliphatic rings. The Morgan fingerprint density at radius 3 is 2.70 bits per heavy atom. The Bertz CT molecular complexity index is 1190. The molecule has 2 N–H and O–H groups in total. The SMILES string of the molecule is CCCCN(CC)c1ccc(Cl)c(Nc2ccc3c(c2)cc(OCC(=O)NC)c(=O)n3C)n1. The van der Waals surface area contributed by atoms with Crippen molar-refractivity contribution >= 4 is 45.7 Å². The fraction of sp³-hybridized carbons (Fsp3) is 0.375. The van der Waals surface area contributed by atoms with Gasteiger partial charge < -0.3 is 24.8 Å². The lowest BCUT2D eigenvalue weighted by atomic mass is 10.2. The van der Waals surface area contributed by atoms with Crippen LogP contribution in [0.4, 0.5) is 17.3 Å². The summed E-state index contributed by atoms with van der Waals surface area (Å²) in [7, 11) is 3.18. The predicted octanol–water partition coefficient (Wildman–Crippen LogP) is 4.08. The summed E-state index contributed by atoms with van der Waals surface area (Å²) in [5.74, 6) is 1.22. The number of ether oxygens (including phenoxy) is 1. The minimum atomic E-state index is -0.312. The third kappa shape index (κ3) is 5.76. The first-order chi connectivity index (χ1) is 15.9. The van der Waals surface area contributed by atoms with Crippen LogP contribution in [-0.2, 0) is 11.8 Å². The lowest BCUT2D eigenvalue weighted by Gasteiger charge is -2.22.